The first kappa shape index (κ1) is 13.6. The Labute approximate surface area is 114 Å². The van der Waals surface area contributed by atoms with Gasteiger partial charge in [-0.1, -0.05) is 42.5 Å². The molecule has 2 aromatic rings. The molecular formula is C16H20N2O. The maximum absolute atomic E-state index is 9.50. The Hall–Kier alpha value is -1.84. The van der Waals surface area contributed by atoms with Gasteiger partial charge in [0, 0.05) is 26.2 Å². The van der Waals surface area contributed by atoms with E-state index in [4.69, 9.17) is 5.73 Å². The summed E-state index contributed by atoms with van der Waals surface area (Å²) < 4.78 is 0. The summed E-state index contributed by atoms with van der Waals surface area (Å²) in [4.78, 5) is 2.28. The quantitative estimate of drug-likeness (QED) is 0.834. The third-order valence-corrected chi connectivity index (χ3v) is 3.01. The molecule has 0 aliphatic carbocycles. The second-order valence-electron chi connectivity index (χ2n) is 4.65. The molecule has 0 atom stereocenters. The Morgan fingerprint density at radius 1 is 0.895 bits per heavy atom. The fourth-order valence-corrected chi connectivity index (χ4v) is 2.15. The van der Waals surface area contributed by atoms with Gasteiger partial charge in [-0.25, -0.2) is 0 Å². The number of phenols is 1. The summed E-state index contributed by atoms with van der Waals surface area (Å²) in [6, 6.07) is 17.7. The van der Waals surface area contributed by atoms with Gasteiger partial charge in [-0.15, -0.1) is 0 Å². The molecule has 0 aliphatic heterocycles. The summed E-state index contributed by atoms with van der Waals surface area (Å²) in [7, 11) is 0. The molecule has 2 aromatic carbocycles. The molecule has 0 saturated heterocycles. The molecule has 2 rings (SSSR count). The van der Waals surface area contributed by atoms with E-state index in [0.29, 0.717) is 12.3 Å². The van der Waals surface area contributed by atoms with Gasteiger partial charge in [0.05, 0.1) is 0 Å². The zero-order valence-corrected chi connectivity index (χ0v) is 11.0. The normalized spacial score (nSPS) is 10.8. The lowest BCUT2D eigenvalue weighted by Crippen LogP contribution is -2.28. The monoisotopic (exact) mass is 256 g/mol. The lowest BCUT2D eigenvalue weighted by molar-refractivity contribution is 0.264. The highest BCUT2D eigenvalue weighted by Gasteiger charge is 2.06. The SMILES string of the molecule is NCCN(Cc1ccccc1)Cc1cccc(O)c1. The molecule has 0 aromatic heterocycles. The highest BCUT2D eigenvalue weighted by atomic mass is 16.3. The lowest BCUT2D eigenvalue weighted by Gasteiger charge is -2.21. The average Bonchev–Trinajstić information content (AvgIpc) is 2.40. The summed E-state index contributed by atoms with van der Waals surface area (Å²) >= 11 is 0. The van der Waals surface area contributed by atoms with E-state index in [2.05, 4.69) is 17.0 Å². The van der Waals surface area contributed by atoms with Crippen LogP contribution in [0.3, 0.4) is 0 Å². The van der Waals surface area contributed by atoms with Crippen molar-refractivity contribution in [2.75, 3.05) is 13.1 Å². The molecule has 3 nitrogen and oxygen atoms in total. The van der Waals surface area contributed by atoms with E-state index in [1.54, 1.807) is 12.1 Å². The van der Waals surface area contributed by atoms with Gasteiger partial charge in [0.15, 0.2) is 0 Å². The summed E-state index contributed by atoms with van der Waals surface area (Å²) in [6.45, 7) is 3.13. The van der Waals surface area contributed by atoms with Crippen LogP contribution in [0.2, 0.25) is 0 Å². The van der Waals surface area contributed by atoms with Crippen LogP contribution in [0.1, 0.15) is 11.1 Å². The van der Waals surface area contributed by atoms with Crippen LogP contribution in [-0.4, -0.2) is 23.1 Å². The van der Waals surface area contributed by atoms with Crippen LogP contribution in [0.25, 0.3) is 0 Å². The molecule has 0 spiro atoms. The smallest absolute Gasteiger partial charge is 0.115 e. The maximum Gasteiger partial charge on any atom is 0.115 e. The third kappa shape index (κ3) is 4.39. The Morgan fingerprint density at radius 3 is 2.26 bits per heavy atom. The molecule has 0 fully saturated rings. The summed E-state index contributed by atoms with van der Waals surface area (Å²) in [6.07, 6.45) is 0. The fraction of sp³-hybridized carbons (Fsp3) is 0.250. The molecule has 0 unspecified atom stereocenters. The minimum Gasteiger partial charge on any atom is -0.508 e. The van der Waals surface area contributed by atoms with Gasteiger partial charge in [-0.3, -0.25) is 4.90 Å². The zero-order valence-electron chi connectivity index (χ0n) is 11.0. The Morgan fingerprint density at radius 2 is 1.58 bits per heavy atom. The van der Waals surface area contributed by atoms with E-state index in [0.717, 1.165) is 25.2 Å². The highest BCUT2D eigenvalue weighted by molar-refractivity contribution is 5.27. The van der Waals surface area contributed by atoms with Crippen LogP contribution in [0.4, 0.5) is 0 Å². The van der Waals surface area contributed by atoms with Gasteiger partial charge in [0.2, 0.25) is 0 Å². The minimum atomic E-state index is 0.310. The third-order valence-electron chi connectivity index (χ3n) is 3.01. The Kier molecular flexibility index (Phi) is 4.95. The van der Waals surface area contributed by atoms with Crippen LogP contribution in [0, 0.1) is 0 Å². The number of nitrogens with zero attached hydrogens (tertiary/aromatic N) is 1. The van der Waals surface area contributed by atoms with Crippen LogP contribution in [-0.2, 0) is 13.1 Å². The maximum atomic E-state index is 9.50. The number of rotatable bonds is 6. The molecule has 19 heavy (non-hydrogen) atoms. The average molecular weight is 256 g/mol. The van der Waals surface area contributed by atoms with Crippen LogP contribution >= 0.6 is 0 Å². The standard InChI is InChI=1S/C16H20N2O/c17-9-10-18(12-14-5-2-1-3-6-14)13-15-7-4-8-16(19)11-15/h1-8,11,19H,9-10,12-13,17H2. The van der Waals surface area contributed by atoms with E-state index < -0.39 is 0 Å². The Balaban J connectivity index is 2.04. The van der Waals surface area contributed by atoms with Gasteiger partial charge < -0.3 is 10.8 Å². The van der Waals surface area contributed by atoms with Gasteiger partial charge in [-0.2, -0.15) is 0 Å². The predicted octanol–water partition coefficient (Wildman–Crippen LogP) is 2.35. The van der Waals surface area contributed by atoms with Crippen molar-refractivity contribution in [3.05, 3.63) is 65.7 Å². The summed E-state index contributed by atoms with van der Waals surface area (Å²) in [5, 5.41) is 9.50. The van der Waals surface area contributed by atoms with Crippen molar-refractivity contribution >= 4 is 0 Å². The van der Waals surface area contributed by atoms with Gasteiger partial charge in [0.25, 0.3) is 0 Å². The number of nitrogens with two attached hydrogens (primary N) is 1. The van der Waals surface area contributed by atoms with Crippen molar-refractivity contribution in [1.82, 2.24) is 4.90 Å². The molecule has 0 bridgehead atoms. The van der Waals surface area contributed by atoms with Crippen molar-refractivity contribution in [3.63, 3.8) is 0 Å². The van der Waals surface area contributed by atoms with E-state index >= 15 is 0 Å². The van der Waals surface area contributed by atoms with Crippen molar-refractivity contribution in [2.45, 2.75) is 13.1 Å². The molecular weight excluding hydrogens is 236 g/mol. The minimum absolute atomic E-state index is 0.310. The van der Waals surface area contributed by atoms with Crippen molar-refractivity contribution in [1.29, 1.82) is 0 Å². The predicted molar refractivity (Wildman–Crippen MR) is 77.7 cm³/mol. The highest BCUT2D eigenvalue weighted by Crippen LogP contribution is 2.14. The Bertz CT molecular complexity index is 499. The molecule has 3 N–H and O–H groups in total. The first-order valence-electron chi connectivity index (χ1n) is 6.52. The number of hydrogen-bond donors (Lipinski definition) is 2. The second-order valence-corrected chi connectivity index (χ2v) is 4.65. The van der Waals surface area contributed by atoms with Crippen molar-refractivity contribution < 1.29 is 5.11 Å². The topological polar surface area (TPSA) is 49.5 Å². The molecule has 3 heteroatoms. The number of benzene rings is 2. The van der Waals surface area contributed by atoms with Crippen LogP contribution < -0.4 is 5.73 Å². The fourth-order valence-electron chi connectivity index (χ4n) is 2.15. The number of phenolic OH excluding ortho intramolecular Hbond substituents is 1. The molecule has 0 radical (unpaired) electrons. The van der Waals surface area contributed by atoms with Crippen molar-refractivity contribution in [3.8, 4) is 5.75 Å². The summed E-state index contributed by atoms with van der Waals surface area (Å²) in [5.41, 5.74) is 8.05. The van der Waals surface area contributed by atoms with E-state index in [-0.39, 0.29) is 0 Å². The second kappa shape index (κ2) is 6.92. The molecule has 0 saturated carbocycles. The summed E-state index contributed by atoms with van der Waals surface area (Å²) in [5.74, 6) is 0.310. The van der Waals surface area contributed by atoms with Gasteiger partial charge in [-0.05, 0) is 23.3 Å². The van der Waals surface area contributed by atoms with Crippen LogP contribution in [0.5, 0.6) is 5.75 Å². The van der Waals surface area contributed by atoms with Crippen LogP contribution in [0.15, 0.2) is 54.6 Å². The first-order chi connectivity index (χ1) is 9.28. The zero-order chi connectivity index (χ0) is 13.5. The molecule has 0 amide bonds. The lowest BCUT2D eigenvalue weighted by atomic mass is 10.1. The van der Waals surface area contributed by atoms with E-state index in [9.17, 15) is 5.11 Å². The van der Waals surface area contributed by atoms with Crippen molar-refractivity contribution in [2.24, 2.45) is 5.73 Å². The molecule has 100 valence electrons. The number of hydrogen-bond acceptors (Lipinski definition) is 3. The van der Waals surface area contributed by atoms with Gasteiger partial charge in [0.1, 0.15) is 5.75 Å². The van der Waals surface area contributed by atoms with E-state index in [1.807, 2.05) is 30.3 Å². The number of aromatic hydroxyl groups is 1. The molecule has 0 aliphatic rings. The molecule has 0 heterocycles. The van der Waals surface area contributed by atoms with Gasteiger partial charge >= 0.3 is 0 Å². The first-order valence-corrected chi connectivity index (χ1v) is 6.52. The largest absolute Gasteiger partial charge is 0.508 e. The van der Waals surface area contributed by atoms with E-state index in [1.165, 1.54) is 5.56 Å².